The molecular weight excluding hydrogens is 458 g/mol. The summed E-state index contributed by atoms with van der Waals surface area (Å²) in [5.74, 6) is -0.717. The summed E-state index contributed by atoms with van der Waals surface area (Å²) in [7, 11) is 1.32. The summed E-state index contributed by atoms with van der Waals surface area (Å²) in [5, 5.41) is 3.59. The van der Waals surface area contributed by atoms with Crippen LogP contribution in [0, 0.1) is 0 Å². The number of carbonyl (C=O) groups excluding carboxylic acids is 2. The second-order valence-corrected chi connectivity index (χ2v) is 8.51. The quantitative estimate of drug-likeness (QED) is 0.518. The van der Waals surface area contributed by atoms with Gasteiger partial charge in [-0.2, -0.15) is 0 Å². The van der Waals surface area contributed by atoms with Crippen LogP contribution in [0.2, 0.25) is 0 Å². The minimum Gasteiger partial charge on any atom is -0.479 e. The fourth-order valence-corrected chi connectivity index (χ4v) is 5.29. The Hall–Kier alpha value is -2.06. The van der Waals surface area contributed by atoms with Crippen molar-refractivity contribution in [3.8, 4) is 16.2 Å². The Labute approximate surface area is 182 Å². The maximum atomic E-state index is 12.3. The third-order valence-corrected chi connectivity index (χ3v) is 6.89. The van der Waals surface area contributed by atoms with E-state index in [-0.39, 0.29) is 13.2 Å². The van der Waals surface area contributed by atoms with E-state index in [2.05, 4.69) is 27.3 Å². The number of halogens is 1. The Balaban J connectivity index is 1.88. The molecule has 0 unspecified atom stereocenters. The Morgan fingerprint density at radius 3 is 2.72 bits per heavy atom. The standard InChI is InChI=1S/C21H24BrNO5S/c1-3-27-16(24)12-28-18-17(22)19(29-20(18)21(25)26-2)13-7-6-10-15(11-13)23-14-8-4-5-9-14/h6-7,10-11,14,23H,3-5,8-9,12H2,1-2H3. The molecule has 1 aromatic heterocycles. The van der Waals surface area contributed by atoms with Crippen molar-refractivity contribution in [1.29, 1.82) is 0 Å². The SMILES string of the molecule is CCOC(=O)COc1c(C(=O)OC)sc(-c2cccc(NC3CCCC3)c2)c1Br. The molecule has 29 heavy (non-hydrogen) atoms. The molecule has 1 heterocycles. The molecule has 0 radical (unpaired) electrons. The lowest BCUT2D eigenvalue weighted by molar-refractivity contribution is -0.145. The molecule has 8 heteroatoms. The molecule has 1 fully saturated rings. The molecule has 0 bridgehead atoms. The highest BCUT2D eigenvalue weighted by Gasteiger charge is 2.25. The van der Waals surface area contributed by atoms with Gasteiger partial charge in [0.2, 0.25) is 0 Å². The van der Waals surface area contributed by atoms with Crippen LogP contribution in [0.5, 0.6) is 5.75 Å². The van der Waals surface area contributed by atoms with E-state index < -0.39 is 11.9 Å². The first kappa shape index (κ1) is 21.6. The van der Waals surface area contributed by atoms with Gasteiger partial charge in [0, 0.05) is 11.7 Å². The highest BCUT2D eigenvalue weighted by atomic mass is 79.9. The molecule has 6 nitrogen and oxygen atoms in total. The first-order chi connectivity index (χ1) is 14.0. The fraction of sp³-hybridized carbons (Fsp3) is 0.429. The van der Waals surface area contributed by atoms with Gasteiger partial charge in [0.05, 0.1) is 23.1 Å². The number of rotatable bonds is 8. The number of hydrogen-bond donors (Lipinski definition) is 1. The Morgan fingerprint density at radius 1 is 1.28 bits per heavy atom. The van der Waals surface area contributed by atoms with E-state index in [0.29, 0.717) is 21.1 Å². The highest BCUT2D eigenvalue weighted by Crippen LogP contribution is 2.46. The van der Waals surface area contributed by atoms with E-state index in [1.807, 2.05) is 18.2 Å². The zero-order valence-electron chi connectivity index (χ0n) is 16.5. The molecule has 0 atom stereocenters. The van der Waals surface area contributed by atoms with E-state index in [9.17, 15) is 9.59 Å². The number of hydrogen-bond acceptors (Lipinski definition) is 7. The lowest BCUT2D eigenvalue weighted by atomic mass is 10.1. The van der Waals surface area contributed by atoms with Gasteiger partial charge in [0.25, 0.3) is 0 Å². The summed E-state index contributed by atoms with van der Waals surface area (Å²) in [5.41, 5.74) is 1.99. The third-order valence-electron chi connectivity index (χ3n) is 4.67. The van der Waals surface area contributed by atoms with E-state index in [0.717, 1.165) is 16.1 Å². The molecule has 0 spiro atoms. The van der Waals surface area contributed by atoms with Crippen LogP contribution in [0.3, 0.4) is 0 Å². The van der Waals surface area contributed by atoms with Gasteiger partial charge in [-0.15, -0.1) is 11.3 Å². The van der Waals surface area contributed by atoms with Crippen LogP contribution in [0.15, 0.2) is 28.7 Å². The number of thiophene rings is 1. The van der Waals surface area contributed by atoms with Crippen LogP contribution in [-0.2, 0) is 14.3 Å². The predicted molar refractivity (Wildman–Crippen MR) is 117 cm³/mol. The zero-order chi connectivity index (χ0) is 20.8. The van der Waals surface area contributed by atoms with Gasteiger partial charge in [-0.3, -0.25) is 0 Å². The highest BCUT2D eigenvalue weighted by molar-refractivity contribution is 9.10. The molecule has 1 N–H and O–H groups in total. The normalized spacial score (nSPS) is 13.9. The van der Waals surface area contributed by atoms with Crippen molar-refractivity contribution in [2.45, 2.75) is 38.6 Å². The average Bonchev–Trinajstić information content (AvgIpc) is 3.34. The number of ether oxygens (including phenoxy) is 3. The van der Waals surface area contributed by atoms with Crippen LogP contribution in [0.25, 0.3) is 10.4 Å². The maximum absolute atomic E-state index is 12.3. The van der Waals surface area contributed by atoms with Crippen LogP contribution < -0.4 is 10.1 Å². The van der Waals surface area contributed by atoms with Crippen LogP contribution >= 0.6 is 27.3 Å². The molecule has 1 aromatic carbocycles. The van der Waals surface area contributed by atoms with Gasteiger partial charge in [-0.1, -0.05) is 25.0 Å². The van der Waals surface area contributed by atoms with E-state index in [4.69, 9.17) is 14.2 Å². The number of esters is 2. The second kappa shape index (κ2) is 10.1. The van der Waals surface area contributed by atoms with Gasteiger partial charge in [0.1, 0.15) is 0 Å². The predicted octanol–water partition coefficient (Wildman–Crippen LogP) is 5.26. The Bertz CT molecular complexity index is 876. The van der Waals surface area contributed by atoms with Crippen LogP contribution in [-0.4, -0.2) is 38.3 Å². The third kappa shape index (κ3) is 5.30. The van der Waals surface area contributed by atoms with Crippen molar-refractivity contribution in [1.82, 2.24) is 0 Å². The molecule has 1 aliphatic carbocycles. The molecule has 2 aromatic rings. The number of methoxy groups -OCH3 is 1. The molecule has 0 aliphatic heterocycles. The first-order valence-electron chi connectivity index (χ1n) is 9.59. The molecule has 3 rings (SSSR count). The van der Waals surface area contributed by atoms with E-state index in [1.165, 1.54) is 44.1 Å². The van der Waals surface area contributed by atoms with Crippen molar-refractivity contribution >= 4 is 44.9 Å². The number of anilines is 1. The maximum Gasteiger partial charge on any atom is 0.351 e. The topological polar surface area (TPSA) is 73.9 Å². The van der Waals surface area contributed by atoms with Gasteiger partial charge in [0.15, 0.2) is 17.2 Å². The van der Waals surface area contributed by atoms with Crippen molar-refractivity contribution in [2.75, 3.05) is 25.6 Å². The van der Waals surface area contributed by atoms with Gasteiger partial charge >= 0.3 is 11.9 Å². The van der Waals surface area contributed by atoms with Gasteiger partial charge in [-0.05, 0) is 53.4 Å². The average molecular weight is 482 g/mol. The van der Waals surface area contributed by atoms with Crippen molar-refractivity contribution in [3.05, 3.63) is 33.6 Å². The molecule has 0 saturated heterocycles. The van der Waals surface area contributed by atoms with Gasteiger partial charge < -0.3 is 19.5 Å². The van der Waals surface area contributed by atoms with Gasteiger partial charge in [-0.25, -0.2) is 9.59 Å². The van der Waals surface area contributed by atoms with Crippen LogP contribution in [0.4, 0.5) is 5.69 Å². The van der Waals surface area contributed by atoms with Crippen LogP contribution in [0.1, 0.15) is 42.3 Å². The molecule has 0 amide bonds. The Kier molecular flexibility index (Phi) is 7.55. The van der Waals surface area contributed by atoms with Crippen molar-refractivity contribution < 1.29 is 23.8 Å². The summed E-state index contributed by atoms with van der Waals surface area (Å²) in [6.45, 7) is 1.71. The van der Waals surface area contributed by atoms with Crippen molar-refractivity contribution in [2.24, 2.45) is 0 Å². The van der Waals surface area contributed by atoms with E-state index in [1.54, 1.807) is 6.92 Å². The summed E-state index contributed by atoms with van der Waals surface area (Å²) < 4.78 is 16.0. The second-order valence-electron chi connectivity index (χ2n) is 6.70. The minimum atomic E-state index is -0.513. The molecule has 1 saturated carbocycles. The summed E-state index contributed by atoms with van der Waals surface area (Å²) in [4.78, 5) is 25.1. The largest absolute Gasteiger partial charge is 0.479 e. The smallest absolute Gasteiger partial charge is 0.351 e. The summed E-state index contributed by atoms with van der Waals surface area (Å²) in [6, 6.07) is 8.57. The Morgan fingerprint density at radius 2 is 2.03 bits per heavy atom. The summed E-state index contributed by atoms with van der Waals surface area (Å²) >= 11 is 4.81. The lowest BCUT2D eigenvalue weighted by Crippen LogP contribution is -2.15. The first-order valence-corrected chi connectivity index (χ1v) is 11.2. The molecular formula is C21H24BrNO5S. The molecule has 156 valence electrons. The lowest BCUT2D eigenvalue weighted by Gasteiger charge is -2.14. The molecule has 1 aliphatic rings. The zero-order valence-corrected chi connectivity index (χ0v) is 18.9. The fourth-order valence-electron chi connectivity index (χ4n) is 3.33. The monoisotopic (exact) mass is 481 g/mol. The number of nitrogens with one attached hydrogen (secondary N) is 1. The number of benzene rings is 1. The number of carbonyl (C=O) groups is 2. The minimum absolute atomic E-state index is 0.267. The van der Waals surface area contributed by atoms with E-state index >= 15 is 0 Å². The summed E-state index contributed by atoms with van der Waals surface area (Å²) in [6.07, 6.45) is 4.89. The van der Waals surface area contributed by atoms with Crippen molar-refractivity contribution in [3.63, 3.8) is 0 Å².